The maximum Gasteiger partial charge on any atom is 0.0739 e. The minimum atomic E-state index is 0.764. The van der Waals surface area contributed by atoms with Crippen LogP contribution in [-0.4, -0.2) is 52.3 Å². The molecule has 1 fully saturated rings. The summed E-state index contributed by atoms with van der Waals surface area (Å²) in [5.74, 6) is 0.764. The normalized spacial score (nSPS) is 18.1. The van der Waals surface area contributed by atoms with Crippen molar-refractivity contribution in [1.29, 1.82) is 0 Å². The van der Waals surface area contributed by atoms with Gasteiger partial charge >= 0.3 is 0 Å². The number of nitrogens with zero attached hydrogens (tertiary/aromatic N) is 4. The lowest BCUT2D eigenvalue weighted by Gasteiger charge is -2.35. The second-order valence-corrected chi connectivity index (χ2v) is 6.93. The molecule has 0 N–H and O–H groups in total. The zero-order valence-electron chi connectivity index (χ0n) is 13.2. The summed E-state index contributed by atoms with van der Waals surface area (Å²) in [7, 11) is 0. The molecule has 1 saturated heterocycles. The van der Waals surface area contributed by atoms with Crippen molar-refractivity contribution in [2.45, 2.75) is 40.8 Å². The van der Waals surface area contributed by atoms with Gasteiger partial charge in [0.05, 0.1) is 15.9 Å². The van der Waals surface area contributed by atoms with E-state index in [2.05, 4.69) is 63.2 Å². The maximum absolute atomic E-state index is 4.58. The van der Waals surface area contributed by atoms with Crippen molar-refractivity contribution in [3.63, 3.8) is 0 Å². The lowest BCUT2D eigenvalue weighted by Crippen LogP contribution is -2.47. The van der Waals surface area contributed by atoms with Crippen molar-refractivity contribution in [3.8, 4) is 0 Å². The van der Waals surface area contributed by atoms with Crippen molar-refractivity contribution >= 4 is 15.9 Å². The summed E-state index contributed by atoms with van der Waals surface area (Å²) in [4.78, 5) is 5.13. The molecule has 0 unspecified atom stereocenters. The fraction of sp³-hybridized carbons (Fsp3) is 0.800. The van der Waals surface area contributed by atoms with Crippen molar-refractivity contribution < 1.29 is 0 Å². The summed E-state index contributed by atoms with van der Waals surface area (Å²) in [6.07, 6.45) is 0. The van der Waals surface area contributed by atoms with Crippen LogP contribution in [0.15, 0.2) is 4.47 Å². The predicted octanol–water partition coefficient (Wildman–Crippen LogP) is 2.75. The topological polar surface area (TPSA) is 24.3 Å². The highest BCUT2D eigenvalue weighted by molar-refractivity contribution is 9.10. The average molecular weight is 343 g/mol. The number of hydrogen-bond donors (Lipinski definition) is 0. The number of aryl methyl sites for hydroxylation is 2. The van der Waals surface area contributed by atoms with Crippen LogP contribution in [0.4, 0.5) is 0 Å². The van der Waals surface area contributed by atoms with Crippen LogP contribution in [0.5, 0.6) is 0 Å². The first-order valence-electron chi connectivity index (χ1n) is 7.67. The van der Waals surface area contributed by atoms with Gasteiger partial charge in [0.1, 0.15) is 0 Å². The molecule has 114 valence electrons. The minimum Gasteiger partial charge on any atom is -0.301 e. The molecule has 2 heterocycles. The van der Waals surface area contributed by atoms with E-state index in [0.717, 1.165) is 37.8 Å². The molecule has 5 heteroatoms. The molecule has 4 nitrogen and oxygen atoms in total. The molecule has 0 bridgehead atoms. The molecule has 1 aromatic heterocycles. The molecular formula is C15H27BrN4. The molecule has 0 spiro atoms. The standard InChI is InChI=1S/C15H27BrN4/c1-5-20-14(15(16)13(4)17-20)11-19-8-6-18(7-9-19)10-12(2)3/h12H,5-11H2,1-4H3. The van der Waals surface area contributed by atoms with Gasteiger partial charge in [-0.3, -0.25) is 9.58 Å². The minimum absolute atomic E-state index is 0.764. The van der Waals surface area contributed by atoms with Crippen LogP contribution in [0.3, 0.4) is 0 Å². The summed E-state index contributed by atoms with van der Waals surface area (Å²) in [5.41, 5.74) is 2.42. The monoisotopic (exact) mass is 342 g/mol. The third kappa shape index (κ3) is 3.83. The third-order valence-electron chi connectivity index (χ3n) is 3.91. The van der Waals surface area contributed by atoms with Crippen LogP contribution >= 0.6 is 15.9 Å². The fourth-order valence-corrected chi connectivity index (χ4v) is 3.29. The van der Waals surface area contributed by atoms with E-state index in [-0.39, 0.29) is 0 Å². The Morgan fingerprint density at radius 3 is 2.30 bits per heavy atom. The number of aromatic nitrogens is 2. The van der Waals surface area contributed by atoms with Crippen LogP contribution in [0.25, 0.3) is 0 Å². The van der Waals surface area contributed by atoms with E-state index in [9.17, 15) is 0 Å². The van der Waals surface area contributed by atoms with Gasteiger partial charge in [0.25, 0.3) is 0 Å². The van der Waals surface area contributed by atoms with Crippen LogP contribution in [0.2, 0.25) is 0 Å². The number of rotatable bonds is 5. The largest absolute Gasteiger partial charge is 0.301 e. The average Bonchev–Trinajstić information content (AvgIpc) is 2.68. The van der Waals surface area contributed by atoms with Gasteiger partial charge in [0, 0.05) is 45.8 Å². The van der Waals surface area contributed by atoms with Gasteiger partial charge in [-0.2, -0.15) is 5.10 Å². The Hall–Kier alpha value is -0.390. The van der Waals surface area contributed by atoms with Gasteiger partial charge in [-0.05, 0) is 35.7 Å². The molecule has 1 aliphatic rings. The molecule has 20 heavy (non-hydrogen) atoms. The van der Waals surface area contributed by atoms with Crippen molar-refractivity contribution in [1.82, 2.24) is 19.6 Å². The molecule has 0 radical (unpaired) electrons. The molecule has 0 aromatic carbocycles. The first-order valence-corrected chi connectivity index (χ1v) is 8.47. The Bertz CT molecular complexity index is 433. The fourth-order valence-electron chi connectivity index (χ4n) is 2.88. The molecule has 0 aliphatic carbocycles. The Morgan fingerprint density at radius 1 is 1.15 bits per heavy atom. The quantitative estimate of drug-likeness (QED) is 0.822. The first kappa shape index (κ1) is 16.0. The van der Waals surface area contributed by atoms with Gasteiger partial charge in [0.2, 0.25) is 0 Å². The summed E-state index contributed by atoms with van der Waals surface area (Å²) in [6, 6.07) is 0. The second kappa shape index (κ2) is 7.05. The summed E-state index contributed by atoms with van der Waals surface area (Å²) >= 11 is 3.69. The highest BCUT2D eigenvalue weighted by Gasteiger charge is 2.20. The number of hydrogen-bond acceptors (Lipinski definition) is 3. The van der Waals surface area contributed by atoms with E-state index in [1.54, 1.807) is 0 Å². The van der Waals surface area contributed by atoms with E-state index < -0.39 is 0 Å². The summed E-state index contributed by atoms with van der Waals surface area (Å²) < 4.78 is 3.31. The zero-order valence-corrected chi connectivity index (χ0v) is 14.8. The first-order chi connectivity index (χ1) is 9.51. The van der Waals surface area contributed by atoms with Gasteiger partial charge in [-0.25, -0.2) is 0 Å². The summed E-state index contributed by atoms with van der Waals surface area (Å²) in [5, 5.41) is 4.58. The molecule has 0 atom stereocenters. The number of piperazine rings is 1. The molecule has 0 amide bonds. The van der Waals surface area contributed by atoms with Gasteiger partial charge in [-0.15, -0.1) is 0 Å². The smallest absolute Gasteiger partial charge is 0.0739 e. The molecule has 0 saturated carbocycles. The Kier molecular flexibility index (Phi) is 5.64. The second-order valence-electron chi connectivity index (χ2n) is 6.13. The highest BCUT2D eigenvalue weighted by atomic mass is 79.9. The van der Waals surface area contributed by atoms with Crippen LogP contribution in [0.1, 0.15) is 32.2 Å². The molecule has 2 rings (SSSR count). The van der Waals surface area contributed by atoms with E-state index in [1.165, 1.54) is 29.8 Å². The Balaban J connectivity index is 1.93. The van der Waals surface area contributed by atoms with Crippen LogP contribution in [-0.2, 0) is 13.1 Å². The maximum atomic E-state index is 4.58. The lowest BCUT2D eigenvalue weighted by molar-refractivity contribution is 0.115. The van der Waals surface area contributed by atoms with E-state index in [0.29, 0.717) is 0 Å². The van der Waals surface area contributed by atoms with E-state index in [4.69, 9.17) is 0 Å². The van der Waals surface area contributed by atoms with Gasteiger partial charge in [-0.1, -0.05) is 13.8 Å². The molecule has 1 aromatic rings. The summed E-state index contributed by atoms with van der Waals surface area (Å²) in [6.45, 7) is 16.7. The third-order valence-corrected chi connectivity index (χ3v) is 4.95. The van der Waals surface area contributed by atoms with Gasteiger partial charge < -0.3 is 4.90 Å². The number of halogens is 1. The SMILES string of the molecule is CCn1nc(C)c(Br)c1CN1CCN(CC(C)C)CC1. The van der Waals surface area contributed by atoms with Crippen molar-refractivity contribution in [2.24, 2.45) is 5.92 Å². The molecular weight excluding hydrogens is 316 g/mol. The Morgan fingerprint density at radius 2 is 1.75 bits per heavy atom. The highest BCUT2D eigenvalue weighted by Crippen LogP contribution is 2.23. The zero-order chi connectivity index (χ0) is 14.7. The van der Waals surface area contributed by atoms with Crippen molar-refractivity contribution in [3.05, 3.63) is 15.9 Å². The Labute approximate surface area is 131 Å². The van der Waals surface area contributed by atoms with Gasteiger partial charge in [0.15, 0.2) is 0 Å². The van der Waals surface area contributed by atoms with E-state index in [1.807, 2.05) is 0 Å². The van der Waals surface area contributed by atoms with Crippen LogP contribution in [0, 0.1) is 12.8 Å². The molecule has 1 aliphatic heterocycles. The lowest BCUT2D eigenvalue weighted by atomic mass is 10.2. The van der Waals surface area contributed by atoms with Crippen molar-refractivity contribution in [2.75, 3.05) is 32.7 Å². The van der Waals surface area contributed by atoms with E-state index >= 15 is 0 Å². The predicted molar refractivity (Wildman–Crippen MR) is 86.9 cm³/mol. The van der Waals surface area contributed by atoms with Crippen LogP contribution < -0.4 is 0 Å².